The molecule has 1 aliphatic heterocycles. The molecule has 0 N–H and O–H groups in total. The minimum Gasteiger partial charge on any atom is -0.493 e. The van der Waals surface area contributed by atoms with Crippen molar-refractivity contribution in [1.82, 2.24) is 0 Å². The normalized spacial score (nSPS) is 33.6. The number of carbonyl (C=O) groups is 1. The Bertz CT molecular complexity index is 856. The smallest absolute Gasteiger partial charge is 0.363 e. The van der Waals surface area contributed by atoms with Crippen LogP contribution in [0.25, 0.3) is 6.08 Å². The topological polar surface area (TPSA) is 66.4 Å². The summed E-state index contributed by atoms with van der Waals surface area (Å²) in [4.78, 5) is 17.3. The number of aliphatic imine (C=N–C) groups is 1. The Morgan fingerprint density at radius 2 is 1.52 bits per heavy atom. The van der Waals surface area contributed by atoms with Crippen LogP contribution in [0.2, 0.25) is 0 Å². The first kappa shape index (κ1) is 18.5. The molecule has 1 heterocycles. The van der Waals surface area contributed by atoms with Crippen molar-refractivity contribution in [3.8, 4) is 17.2 Å². The lowest BCUT2D eigenvalue weighted by Crippen LogP contribution is -2.50. The van der Waals surface area contributed by atoms with Crippen molar-refractivity contribution in [3.05, 3.63) is 23.4 Å². The van der Waals surface area contributed by atoms with Gasteiger partial charge < -0.3 is 18.9 Å². The number of cyclic esters (lactones) is 1. The number of rotatable bonds is 5. The number of hydrogen-bond acceptors (Lipinski definition) is 6. The molecule has 29 heavy (non-hydrogen) atoms. The highest BCUT2D eigenvalue weighted by molar-refractivity contribution is 6.09. The average molecular weight is 397 g/mol. The molecule has 6 heteroatoms. The van der Waals surface area contributed by atoms with Crippen LogP contribution in [-0.4, -0.2) is 33.2 Å². The summed E-state index contributed by atoms with van der Waals surface area (Å²) in [6.45, 7) is 0. The fraction of sp³-hybridized carbons (Fsp3) is 0.565. The van der Waals surface area contributed by atoms with E-state index in [4.69, 9.17) is 23.9 Å². The predicted molar refractivity (Wildman–Crippen MR) is 108 cm³/mol. The summed E-state index contributed by atoms with van der Waals surface area (Å²) in [6, 6.07) is 3.61. The Labute approximate surface area is 170 Å². The molecule has 4 saturated carbocycles. The van der Waals surface area contributed by atoms with Crippen LogP contribution < -0.4 is 14.2 Å². The zero-order chi connectivity index (χ0) is 20.2. The molecule has 6 nitrogen and oxygen atoms in total. The lowest BCUT2D eigenvalue weighted by atomic mass is 9.49. The SMILES string of the molecule is COc1cc(/C=C2/N=C(C34CC5CC(CC(C5)C3)C4)OC2=O)cc(OC)c1OC. The van der Waals surface area contributed by atoms with Crippen molar-refractivity contribution < 1.29 is 23.7 Å². The molecular formula is C23H27NO5. The van der Waals surface area contributed by atoms with Gasteiger partial charge in [0.05, 0.1) is 21.3 Å². The van der Waals surface area contributed by atoms with Crippen molar-refractivity contribution >= 4 is 17.9 Å². The number of ether oxygens (including phenoxy) is 4. The zero-order valence-electron chi connectivity index (χ0n) is 17.2. The van der Waals surface area contributed by atoms with E-state index < -0.39 is 0 Å². The third-order valence-corrected chi connectivity index (χ3v) is 7.10. The van der Waals surface area contributed by atoms with Crippen molar-refractivity contribution in [2.24, 2.45) is 28.2 Å². The minimum absolute atomic E-state index is 0.0325. The Balaban J connectivity index is 1.49. The molecule has 4 aliphatic carbocycles. The van der Waals surface area contributed by atoms with Gasteiger partial charge in [0.15, 0.2) is 17.2 Å². The largest absolute Gasteiger partial charge is 0.493 e. The number of methoxy groups -OCH3 is 3. The average Bonchev–Trinajstić information content (AvgIpc) is 3.07. The second-order valence-electron chi connectivity index (χ2n) is 8.99. The Morgan fingerprint density at radius 1 is 0.966 bits per heavy atom. The maximum atomic E-state index is 12.6. The van der Waals surface area contributed by atoms with Crippen molar-refractivity contribution in [3.63, 3.8) is 0 Å². The third kappa shape index (κ3) is 3.00. The Morgan fingerprint density at radius 3 is 2.00 bits per heavy atom. The van der Waals surface area contributed by atoms with E-state index in [1.54, 1.807) is 39.5 Å². The van der Waals surface area contributed by atoms with Gasteiger partial charge in [0.2, 0.25) is 11.6 Å². The van der Waals surface area contributed by atoms with E-state index >= 15 is 0 Å². The van der Waals surface area contributed by atoms with E-state index in [9.17, 15) is 4.79 Å². The van der Waals surface area contributed by atoms with Crippen molar-refractivity contribution in [2.45, 2.75) is 38.5 Å². The van der Waals surface area contributed by atoms with Crippen molar-refractivity contribution in [1.29, 1.82) is 0 Å². The van der Waals surface area contributed by atoms with Gasteiger partial charge in [-0.15, -0.1) is 0 Å². The molecule has 0 spiro atoms. The molecule has 154 valence electrons. The minimum atomic E-state index is -0.371. The maximum Gasteiger partial charge on any atom is 0.363 e. The van der Waals surface area contributed by atoms with Gasteiger partial charge in [-0.3, -0.25) is 0 Å². The van der Waals surface area contributed by atoms with Crippen LogP contribution >= 0.6 is 0 Å². The standard InChI is InChI=1S/C23H27NO5/c1-26-18-8-13(9-19(27-2)20(18)28-3)7-17-21(25)29-22(24-17)23-10-14-4-15(11-23)6-16(5-14)12-23/h7-9,14-16H,4-6,10-12H2,1-3H3/b17-7+. The number of hydrogen-bond donors (Lipinski definition) is 0. The first-order valence-corrected chi connectivity index (χ1v) is 10.4. The number of nitrogens with zero attached hydrogens (tertiary/aromatic N) is 1. The monoisotopic (exact) mass is 397 g/mol. The number of benzene rings is 1. The van der Waals surface area contributed by atoms with E-state index in [2.05, 4.69) is 0 Å². The lowest BCUT2D eigenvalue weighted by molar-refractivity contribution is -0.131. The summed E-state index contributed by atoms with van der Waals surface area (Å²) < 4.78 is 21.9. The van der Waals surface area contributed by atoms with Crippen LogP contribution in [0.5, 0.6) is 17.2 Å². The van der Waals surface area contributed by atoms with Gasteiger partial charge in [-0.25, -0.2) is 9.79 Å². The third-order valence-electron chi connectivity index (χ3n) is 7.10. The molecule has 4 fully saturated rings. The van der Waals surface area contributed by atoms with E-state index in [0.717, 1.165) is 42.6 Å². The van der Waals surface area contributed by atoms with Gasteiger partial charge in [-0.1, -0.05) is 0 Å². The quantitative estimate of drug-likeness (QED) is 0.550. The molecule has 6 rings (SSSR count). The highest BCUT2D eigenvalue weighted by atomic mass is 16.6. The van der Waals surface area contributed by atoms with Gasteiger partial charge in [-0.05, 0) is 80.1 Å². The summed E-state index contributed by atoms with van der Waals surface area (Å²) in [5, 5.41) is 0. The van der Waals surface area contributed by atoms with Crippen LogP contribution in [0, 0.1) is 23.2 Å². The summed E-state index contributed by atoms with van der Waals surface area (Å²) in [5.74, 6) is 4.18. The van der Waals surface area contributed by atoms with Crippen LogP contribution in [0.15, 0.2) is 22.8 Å². The highest BCUT2D eigenvalue weighted by Crippen LogP contribution is 2.61. The molecule has 0 amide bonds. The van der Waals surface area contributed by atoms with Crippen LogP contribution in [0.4, 0.5) is 0 Å². The molecular weight excluding hydrogens is 370 g/mol. The molecule has 1 aromatic carbocycles. The van der Waals surface area contributed by atoms with E-state index in [1.165, 1.54) is 19.3 Å². The molecule has 0 radical (unpaired) electrons. The van der Waals surface area contributed by atoms with E-state index in [1.807, 2.05) is 0 Å². The Kier molecular flexibility index (Phi) is 4.33. The fourth-order valence-electron chi connectivity index (χ4n) is 6.35. The highest BCUT2D eigenvalue weighted by Gasteiger charge is 2.55. The van der Waals surface area contributed by atoms with Gasteiger partial charge in [-0.2, -0.15) is 0 Å². The second kappa shape index (κ2) is 6.78. The fourth-order valence-corrected chi connectivity index (χ4v) is 6.35. The van der Waals surface area contributed by atoms with Gasteiger partial charge in [0.1, 0.15) is 0 Å². The molecule has 5 aliphatic rings. The summed E-state index contributed by atoms with van der Waals surface area (Å²) >= 11 is 0. The van der Waals surface area contributed by atoms with Crippen LogP contribution in [0.1, 0.15) is 44.1 Å². The molecule has 0 atom stereocenters. The first-order valence-electron chi connectivity index (χ1n) is 10.4. The zero-order valence-corrected chi connectivity index (χ0v) is 17.2. The number of carbonyl (C=O) groups excluding carboxylic acids is 1. The molecule has 0 aromatic heterocycles. The van der Waals surface area contributed by atoms with Crippen molar-refractivity contribution in [2.75, 3.05) is 21.3 Å². The van der Waals surface area contributed by atoms with E-state index in [-0.39, 0.29) is 11.4 Å². The molecule has 1 aromatic rings. The predicted octanol–water partition coefficient (Wildman–Crippen LogP) is 4.23. The summed E-state index contributed by atoms with van der Waals surface area (Å²) in [5.41, 5.74) is 1.06. The summed E-state index contributed by atoms with van der Waals surface area (Å²) in [7, 11) is 4.71. The van der Waals surface area contributed by atoms with E-state index in [0.29, 0.717) is 28.8 Å². The number of esters is 1. The Hall–Kier alpha value is -2.50. The summed E-state index contributed by atoms with van der Waals surface area (Å²) in [6.07, 6.45) is 9.10. The molecule has 0 unspecified atom stereocenters. The molecule has 0 saturated heterocycles. The molecule has 4 bridgehead atoms. The van der Waals surface area contributed by atoms with Crippen LogP contribution in [-0.2, 0) is 9.53 Å². The maximum absolute atomic E-state index is 12.6. The van der Waals surface area contributed by atoms with Gasteiger partial charge >= 0.3 is 5.97 Å². The lowest BCUT2D eigenvalue weighted by Gasteiger charge is -2.55. The van der Waals surface area contributed by atoms with Crippen LogP contribution in [0.3, 0.4) is 0 Å². The van der Waals surface area contributed by atoms with Gasteiger partial charge in [0, 0.05) is 5.41 Å². The first-order chi connectivity index (χ1) is 14.0. The second-order valence-corrected chi connectivity index (χ2v) is 8.99. The van der Waals surface area contributed by atoms with Gasteiger partial charge in [0.25, 0.3) is 0 Å².